The fourth-order valence-electron chi connectivity index (χ4n) is 4.23. The molecule has 0 aliphatic carbocycles. The minimum atomic E-state index is -0.264. The van der Waals surface area contributed by atoms with E-state index in [0.717, 1.165) is 49.9 Å². The highest BCUT2D eigenvalue weighted by molar-refractivity contribution is 6.17. The molecule has 2 nitrogen and oxygen atoms in total. The molecule has 1 aliphatic rings. The number of nitrogens with zero attached hydrogens (tertiary/aromatic N) is 2. The summed E-state index contributed by atoms with van der Waals surface area (Å²) in [6.07, 6.45) is 0. The van der Waals surface area contributed by atoms with Crippen molar-refractivity contribution in [2.45, 2.75) is 6.92 Å². The highest BCUT2D eigenvalue weighted by Crippen LogP contribution is 2.47. The van der Waals surface area contributed by atoms with Crippen LogP contribution in [0.1, 0.15) is 5.56 Å². The summed E-state index contributed by atoms with van der Waals surface area (Å²) in [5.41, 5.74) is 5.85. The van der Waals surface area contributed by atoms with Gasteiger partial charge in [0.25, 0.3) is 0 Å². The predicted octanol–water partition coefficient (Wildman–Crippen LogP) is 2.16. The molecule has 136 valence electrons. The fraction of sp³-hybridized carbons (Fsp3) is 0.136. The third kappa shape index (κ3) is 2.38. The highest BCUT2D eigenvalue weighted by atomic mass is 79.9. The summed E-state index contributed by atoms with van der Waals surface area (Å²) in [6.45, 7) is 2.04. The number of hydrogen-bond acceptors (Lipinski definition) is 1. The topological polar surface area (TPSA) is 7.12 Å². The number of benzene rings is 3. The minimum Gasteiger partial charge on any atom is -1.00 e. The van der Waals surface area contributed by atoms with Crippen molar-refractivity contribution in [1.29, 1.82) is 0 Å². The van der Waals surface area contributed by atoms with Crippen LogP contribution in [0.25, 0.3) is 32.9 Å². The van der Waals surface area contributed by atoms with Gasteiger partial charge in [-0.15, -0.1) is 0 Å². The van der Waals surface area contributed by atoms with Crippen LogP contribution in [0, 0.1) is 18.6 Å². The number of pyridine rings is 1. The van der Waals surface area contributed by atoms with E-state index in [-0.39, 0.29) is 28.6 Å². The van der Waals surface area contributed by atoms with Crippen molar-refractivity contribution >= 4 is 33.1 Å². The summed E-state index contributed by atoms with van der Waals surface area (Å²) in [6, 6.07) is 13.9. The second kappa shape index (κ2) is 5.99. The van der Waals surface area contributed by atoms with Crippen LogP contribution < -0.4 is 26.4 Å². The van der Waals surface area contributed by atoms with Crippen molar-refractivity contribution in [2.24, 2.45) is 7.05 Å². The molecule has 0 saturated heterocycles. The average molecular weight is 427 g/mol. The molecule has 1 aliphatic heterocycles. The van der Waals surface area contributed by atoms with E-state index in [0.29, 0.717) is 0 Å². The average Bonchev–Trinajstić information content (AvgIpc) is 2.61. The summed E-state index contributed by atoms with van der Waals surface area (Å²) < 4.78 is 30.1. The van der Waals surface area contributed by atoms with Crippen molar-refractivity contribution in [2.75, 3.05) is 11.9 Å². The molecule has 0 atom stereocenters. The van der Waals surface area contributed by atoms with E-state index in [2.05, 4.69) is 17.0 Å². The Labute approximate surface area is 166 Å². The summed E-state index contributed by atoms with van der Waals surface area (Å²) in [7, 11) is 3.95. The van der Waals surface area contributed by atoms with E-state index in [1.54, 1.807) is 18.2 Å². The second-order valence-electron chi connectivity index (χ2n) is 7.00. The Morgan fingerprint density at radius 1 is 0.852 bits per heavy atom. The van der Waals surface area contributed by atoms with Gasteiger partial charge >= 0.3 is 0 Å². The van der Waals surface area contributed by atoms with Gasteiger partial charge in [0.2, 0.25) is 11.2 Å². The third-order valence-electron chi connectivity index (χ3n) is 5.38. The molecule has 0 amide bonds. The summed E-state index contributed by atoms with van der Waals surface area (Å²) in [5.74, 6) is -0.522. The molecule has 1 aromatic heterocycles. The number of halogens is 3. The molecule has 5 heteroatoms. The normalized spacial score (nSPS) is 12.3. The molecule has 5 rings (SSSR count). The van der Waals surface area contributed by atoms with Gasteiger partial charge in [-0.2, -0.15) is 4.57 Å². The molecular formula is C22H17BrF2N2. The molecule has 0 saturated carbocycles. The Hall–Kier alpha value is -2.53. The number of rotatable bonds is 0. The van der Waals surface area contributed by atoms with E-state index in [4.69, 9.17) is 0 Å². The van der Waals surface area contributed by atoms with Crippen LogP contribution in [-0.2, 0) is 7.05 Å². The maximum absolute atomic E-state index is 14.1. The smallest absolute Gasteiger partial charge is 0.225 e. The molecule has 0 fully saturated rings. The van der Waals surface area contributed by atoms with Crippen LogP contribution in [-0.4, -0.2) is 7.05 Å². The summed E-state index contributed by atoms with van der Waals surface area (Å²) in [4.78, 5) is 2.09. The molecule has 3 aromatic carbocycles. The molecule has 0 radical (unpaired) electrons. The van der Waals surface area contributed by atoms with E-state index in [1.807, 2.05) is 31.7 Å². The first-order chi connectivity index (χ1) is 12.5. The lowest BCUT2D eigenvalue weighted by atomic mass is 9.91. The summed E-state index contributed by atoms with van der Waals surface area (Å²) >= 11 is 0. The van der Waals surface area contributed by atoms with Gasteiger partial charge in [-0.05, 0) is 48.9 Å². The van der Waals surface area contributed by atoms with E-state index >= 15 is 0 Å². The van der Waals surface area contributed by atoms with Crippen molar-refractivity contribution < 1.29 is 30.3 Å². The zero-order valence-corrected chi connectivity index (χ0v) is 16.7. The Kier molecular flexibility index (Phi) is 3.96. The van der Waals surface area contributed by atoms with E-state index in [9.17, 15) is 8.78 Å². The number of anilines is 2. The van der Waals surface area contributed by atoms with Gasteiger partial charge in [-0.25, -0.2) is 8.78 Å². The van der Waals surface area contributed by atoms with Crippen LogP contribution >= 0.6 is 0 Å². The number of aromatic nitrogens is 1. The Balaban J connectivity index is 0.00000180. The predicted molar refractivity (Wildman–Crippen MR) is 101 cm³/mol. The molecule has 4 aromatic rings. The standard InChI is InChI=1S/C22H17F2N2.BrH/c1-12-8-16-15-10-13(23)4-6-18(15)26(3)22-17-11-14(24)5-7-19(17)25(2)20(9-12)21(16)22;/h4-11H,1-3H3;1H/q+1;/p-1. The lowest BCUT2D eigenvalue weighted by Gasteiger charge is -2.29. The van der Waals surface area contributed by atoms with Crippen LogP contribution in [0.2, 0.25) is 0 Å². The molecule has 0 N–H and O–H groups in total. The maximum atomic E-state index is 14.1. The molecule has 27 heavy (non-hydrogen) atoms. The number of aryl methyl sites for hydroxylation is 2. The van der Waals surface area contributed by atoms with Crippen molar-refractivity contribution in [3.05, 3.63) is 65.7 Å². The van der Waals surface area contributed by atoms with Gasteiger partial charge < -0.3 is 21.9 Å². The van der Waals surface area contributed by atoms with Crippen LogP contribution in [0.15, 0.2) is 48.5 Å². The third-order valence-corrected chi connectivity index (χ3v) is 5.38. The molecule has 0 unspecified atom stereocenters. The van der Waals surface area contributed by atoms with E-state index in [1.165, 1.54) is 12.1 Å². The van der Waals surface area contributed by atoms with Crippen LogP contribution in [0.5, 0.6) is 0 Å². The fourth-order valence-corrected chi connectivity index (χ4v) is 4.23. The van der Waals surface area contributed by atoms with Crippen LogP contribution in [0.4, 0.5) is 20.2 Å². The number of fused-ring (bicyclic) bond motifs is 4. The zero-order chi connectivity index (χ0) is 18.2. The van der Waals surface area contributed by atoms with Crippen molar-refractivity contribution in [3.8, 4) is 11.3 Å². The monoisotopic (exact) mass is 426 g/mol. The SMILES string of the molecule is Cc1cc2c3c([n+](C)c4ccc(F)cc4c3c1)-c1cc(F)ccc1N2C.[Br-]. The molecular weight excluding hydrogens is 410 g/mol. The minimum absolute atomic E-state index is 0. The van der Waals surface area contributed by atoms with Gasteiger partial charge in [-0.1, -0.05) is 6.07 Å². The van der Waals surface area contributed by atoms with Gasteiger partial charge in [0, 0.05) is 18.5 Å². The Morgan fingerprint density at radius 3 is 2.33 bits per heavy atom. The summed E-state index contributed by atoms with van der Waals surface area (Å²) in [5, 5.41) is 2.88. The van der Waals surface area contributed by atoms with Crippen molar-refractivity contribution in [3.63, 3.8) is 0 Å². The largest absolute Gasteiger partial charge is 1.00 e. The lowest BCUT2D eigenvalue weighted by Crippen LogP contribution is -3.00. The van der Waals surface area contributed by atoms with Gasteiger partial charge in [-0.3, -0.25) is 0 Å². The quantitative estimate of drug-likeness (QED) is 0.308. The second-order valence-corrected chi connectivity index (χ2v) is 7.00. The zero-order valence-electron chi connectivity index (χ0n) is 15.1. The van der Waals surface area contributed by atoms with E-state index < -0.39 is 0 Å². The first kappa shape index (κ1) is 17.9. The lowest BCUT2D eigenvalue weighted by molar-refractivity contribution is -0.632. The van der Waals surface area contributed by atoms with Gasteiger partial charge in [0.05, 0.1) is 27.7 Å². The van der Waals surface area contributed by atoms with Gasteiger partial charge in [0.1, 0.15) is 18.7 Å². The molecule has 0 spiro atoms. The maximum Gasteiger partial charge on any atom is 0.225 e. The van der Waals surface area contributed by atoms with Crippen molar-refractivity contribution in [1.82, 2.24) is 0 Å². The molecule has 2 heterocycles. The Bertz CT molecular complexity index is 1250. The first-order valence-corrected chi connectivity index (χ1v) is 8.55. The Morgan fingerprint density at radius 2 is 1.56 bits per heavy atom. The molecule has 0 bridgehead atoms. The first-order valence-electron chi connectivity index (χ1n) is 8.55. The highest BCUT2D eigenvalue weighted by Gasteiger charge is 2.31. The number of hydrogen-bond donors (Lipinski definition) is 0. The van der Waals surface area contributed by atoms with Gasteiger partial charge in [0.15, 0.2) is 0 Å². The van der Waals surface area contributed by atoms with Crippen LogP contribution in [0.3, 0.4) is 0 Å².